The summed E-state index contributed by atoms with van der Waals surface area (Å²) in [5.41, 5.74) is 4.01. The molecule has 0 N–H and O–H groups in total. The molecular weight excluding hydrogens is 778 g/mol. The van der Waals surface area contributed by atoms with E-state index in [1.807, 2.05) is 24.3 Å². The largest absolute Gasteiger partial charge is 0.496 e. The molecule has 5 aromatic rings. The number of esters is 1. The number of fused-ring (bicyclic) bond motifs is 3. The standard InChI is InChI=1S/C44H43N3O13/c1-50-32-18-35(53-4)34(52-3)13-24(32)8-10-30(48)23-9-11-31(33(12-23)51-2)57-20-26-19-47(46-45-26)42-28-17-37-36(59-22-60-37)16-27(28)40(41-29(42)21-58-44(41)49)25-14-38(54-5)43(56-7)39(15-25)55-6/h8-19,29,40-42H,20-22H2,1-7H3/b10-8+/t29-,40+,41-,42-/m0/s1. The minimum absolute atomic E-state index is 0.0287. The molecular formula is C44H43N3O13. The Balaban J connectivity index is 1.06. The summed E-state index contributed by atoms with van der Waals surface area (Å²) in [6.07, 6.45) is 4.87. The van der Waals surface area contributed by atoms with E-state index in [2.05, 4.69) is 10.3 Å². The third-order valence-corrected chi connectivity index (χ3v) is 11.0. The summed E-state index contributed by atoms with van der Waals surface area (Å²) in [6.45, 7) is 0.260. The van der Waals surface area contributed by atoms with Gasteiger partial charge in [0.15, 0.2) is 51.8 Å². The Morgan fingerprint density at radius 2 is 1.38 bits per heavy atom. The predicted octanol–water partition coefficient (Wildman–Crippen LogP) is 6.07. The molecule has 16 heteroatoms. The van der Waals surface area contributed by atoms with E-state index in [4.69, 9.17) is 52.1 Å². The number of ether oxygens (including phenoxy) is 11. The van der Waals surface area contributed by atoms with Crippen molar-refractivity contribution in [2.45, 2.75) is 18.6 Å². The van der Waals surface area contributed by atoms with Crippen LogP contribution in [0, 0.1) is 11.8 Å². The van der Waals surface area contributed by atoms with Gasteiger partial charge in [-0.2, -0.15) is 0 Å². The van der Waals surface area contributed by atoms with Crippen LogP contribution >= 0.6 is 0 Å². The maximum atomic E-state index is 13.7. The van der Waals surface area contributed by atoms with E-state index in [1.165, 1.54) is 34.5 Å². The highest BCUT2D eigenvalue weighted by molar-refractivity contribution is 6.07. The molecule has 0 radical (unpaired) electrons. The number of methoxy groups -OCH3 is 7. The van der Waals surface area contributed by atoms with Crippen LogP contribution in [0.5, 0.6) is 57.5 Å². The molecule has 1 aliphatic carbocycles. The lowest BCUT2D eigenvalue weighted by Gasteiger charge is -2.39. The Morgan fingerprint density at radius 3 is 2.05 bits per heavy atom. The minimum atomic E-state index is -0.601. The Kier molecular flexibility index (Phi) is 11.0. The lowest BCUT2D eigenvalue weighted by Crippen LogP contribution is -2.37. The lowest BCUT2D eigenvalue weighted by molar-refractivity contribution is -0.141. The van der Waals surface area contributed by atoms with Crippen LogP contribution in [0.3, 0.4) is 0 Å². The number of hydrogen-bond donors (Lipinski definition) is 0. The predicted molar refractivity (Wildman–Crippen MR) is 213 cm³/mol. The lowest BCUT2D eigenvalue weighted by atomic mass is 9.65. The van der Waals surface area contributed by atoms with Crippen LogP contribution < -0.4 is 47.4 Å². The fourth-order valence-electron chi connectivity index (χ4n) is 8.21. The molecule has 0 amide bonds. The number of hydrogen-bond acceptors (Lipinski definition) is 15. The molecule has 1 saturated heterocycles. The molecule has 16 nitrogen and oxygen atoms in total. The average Bonchev–Trinajstić information content (AvgIpc) is 4.05. The van der Waals surface area contributed by atoms with Crippen LogP contribution in [-0.4, -0.2) is 89.9 Å². The van der Waals surface area contributed by atoms with Crippen molar-refractivity contribution in [3.05, 3.63) is 100 Å². The van der Waals surface area contributed by atoms with Crippen LogP contribution in [0.1, 0.15) is 50.3 Å². The smallest absolute Gasteiger partial charge is 0.310 e. The highest BCUT2D eigenvalue weighted by atomic mass is 16.7. The molecule has 4 atom stereocenters. The van der Waals surface area contributed by atoms with E-state index >= 15 is 0 Å². The van der Waals surface area contributed by atoms with E-state index in [0.717, 1.165) is 16.7 Å². The molecule has 1 fully saturated rings. The van der Waals surface area contributed by atoms with E-state index in [9.17, 15) is 9.59 Å². The van der Waals surface area contributed by atoms with Crippen molar-refractivity contribution in [3.63, 3.8) is 0 Å². The van der Waals surface area contributed by atoms with Gasteiger partial charge in [-0.1, -0.05) is 5.21 Å². The Hall–Kier alpha value is -7.10. The van der Waals surface area contributed by atoms with Crippen molar-refractivity contribution in [2.75, 3.05) is 63.2 Å². The van der Waals surface area contributed by atoms with Crippen molar-refractivity contribution in [2.24, 2.45) is 11.8 Å². The highest BCUT2D eigenvalue weighted by Crippen LogP contribution is 2.56. The van der Waals surface area contributed by atoms with Gasteiger partial charge < -0.3 is 52.1 Å². The summed E-state index contributed by atoms with van der Waals surface area (Å²) in [6, 6.07) is 15.5. The Morgan fingerprint density at radius 1 is 0.733 bits per heavy atom. The van der Waals surface area contributed by atoms with Crippen molar-refractivity contribution < 1.29 is 61.7 Å². The van der Waals surface area contributed by atoms with Crippen LogP contribution in [0.2, 0.25) is 0 Å². The van der Waals surface area contributed by atoms with Crippen molar-refractivity contribution in [1.29, 1.82) is 0 Å². The fourth-order valence-corrected chi connectivity index (χ4v) is 8.21. The van der Waals surface area contributed by atoms with Gasteiger partial charge in [-0.3, -0.25) is 9.59 Å². The maximum Gasteiger partial charge on any atom is 0.310 e. The first-order chi connectivity index (χ1) is 29.2. The van der Waals surface area contributed by atoms with E-state index in [1.54, 1.807) is 68.6 Å². The van der Waals surface area contributed by atoms with E-state index in [0.29, 0.717) is 74.3 Å². The average molecular weight is 822 g/mol. The number of benzene rings is 4. The van der Waals surface area contributed by atoms with Crippen molar-refractivity contribution in [3.8, 4) is 57.5 Å². The summed E-state index contributed by atoms with van der Waals surface area (Å²) < 4.78 is 64.2. The Bertz CT molecular complexity index is 2450. The molecule has 2 aliphatic heterocycles. The molecule has 0 unspecified atom stereocenters. The normalized spacial score (nSPS) is 18.6. The molecule has 4 aromatic carbocycles. The summed E-state index contributed by atoms with van der Waals surface area (Å²) in [4.78, 5) is 27.0. The van der Waals surface area contributed by atoms with Crippen LogP contribution in [0.15, 0.2) is 66.9 Å². The Labute approximate surface area is 345 Å². The number of nitrogens with zero attached hydrogens (tertiary/aromatic N) is 3. The number of aromatic nitrogens is 3. The summed E-state index contributed by atoms with van der Waals surface area (Å²) in [5.74, 6) is 2.78. The third kappa shape index (κ3) is 7.07. The summed E-state index contributed by atoms with van der Waals surface area (Å²) >= 11 is 0. The number of cyclic esters (lactones) is 1. The topological polar surface area (TPSA) is 166 Å². The van der Waals surface area contributed by atoms with Crippen molar-refractivity contribution in [1.82, 2.24) is 15.0 Å². The second kappa shape index (κ2) is 16.6. The number of carbonyl (C=O) groups is 2. The summed E-state index contributed by atoms with van der Waals surface area (Å²) in [7, 11) is 10.7. The quantitative estimate of drug-likeness (QED) is 0.0678. The monoisotopic (exact) mass is 821 g/mol. The molecule has 3 aliphatic rings. The van der Waals surface area contributed by atoms with Crippen LogP contribution in [0.4, 0.5) is 0 Å². The molecule has 0 saturated carbocycles. The van der Waals surface area contributed by atoms with Gasteiger partial charge in [0.05, 0.1) is 74.5 Å². The summed E-state index contributed by atoms with van der Waals surface area (Å²) in [5, 5.41) is 8.99. The van der Waals surface area contributed by atoms with Gasteiger partial charge in [-0.25, -0.2) is 4.68 Å². The highest BCUT2D eigenvalue weighted by Gasteiger charge is 2.53. The fraction of sp³-hybridized carbons (Fsp3) is 0.318. The van der Waals surface area contributed by atoms with E-state index in [-0.39, 0.29) is 37.7 Å². The number of carbonyl (C=O) groups excluding carboxylic acids is 2. The van der Waals surface area contributed by atoms with Gasteiger partial charge in [0.25, 0.3) is 0 Å². The molecule has 8 rings (SSSR count). The second-order valence-electron chi connectivity index (χ2n) is 14.0. The van der Waals surface area contributed by atoms with Gasteiger partial charge in [0, 0.05) is 29.0 Å². The van der Waals surface area contributed by atoms with Gasteiger partial charge >= 0.3 is 5.97 Å². The molecule has 312 valence electrons. The van der Waals surface area contributed by atoms with Crippen LogP contribution in [-0.2, 0) is 16.1 Å². The third-order valence-electron chi connectivity index (χ3n) is 11.0. The first-order valence-electron chi connectivity index (χ1n) is 18.9. The van der Waals surface area contributed by atoms with Gasteiger partial charge in [-0.15, -0.1) is 5.10 Å². The molecule has 60 heavy (non-hydrogen) atoms. The SMILES string of the molecule is COc1cc(OC)c(OC)cc1/C=C/C(=O)c1ccc(OCc2cn([C@H]3c4cc5c(cc4[C@@H](c4cc(OC)c(OC)c(OC)c4)[C@H]4C(=O)OC[C@@H]43)OCO5)nn2)c(OC)c1. The number of rotatable bonds is 15. The number of allylic oxidation sites excluding steroid dienone is 1. The molecule has 0 spiro atoms. The van der Waals surface area contributed by atoms with Gasteiger partial charge in [0.2, 0.25) is 12.5 Å². The minimum Gasteiger partial charge on any atom is -0.496 e. The first kappa shape index (κ1) is 39.7. The molecule has 1 aromatic heterocycles. The van der Waals surface area contributed by atoms with Gasteiger partial charge in [-0.05, 0) is 77.4 Å². The first-order valence-corrected chi connectivity index (χ1v) is 18.9. The zero-order valence-electron chi connectivity index (χ0n) is 34.0. The second-order valence-corrected chi connectivity index (χ2v) is 14.0. The maximum absolute atomic E-state index is 13.7. The van der Waals surface area contributed by atoms with Crippen LogP contribution in [0.25, 0.3) is 6.08 Å². The molecule has 3 heterocycles. The van der Waals surface area contributed by atoms with E-state index < -0.39 is 17.9 Å². The van der Waals surface area contributed by atoms with Gasteiger partial charge in [0.1, 0.15) is 18.1 Å². The number of ketones is 1. The van der Waals surface area contributed by atoms with Crippen molar-refractivity contribution >= 4 is 17.8 Å². The molecule has 0 bridgehead atoms. The zero-order valence-corrected chi connectivity index (χ0v) is 34.0. The zero-order chi connectivity index (χ0) is 42.1.